The van der Waals surface area contributed by atoms with E-state index in [0.29, 0.717) is 24.1 Å². The second kappa shape index (κ2) is 7.65. The lowest BCUT2D eigenvalue weighted by Crippen LogP contribution is -2.35. The molecule has 26 heavy (non-hydrogen) atoms. The molecule has 1 aromatic heterocycles. The first-order valence-corrected chi connectivity index (χ1v) is 10.0. The number of carbonyl (C=O) groups excluding carboxylic acids is 2. The van der Waals surface area contributed by atoms with Gasteiger partial charge in [-0.1, -0.05) is 12.1 Å². The third kappa shape index (κ3) is 4.66. The van der Waals surface area contributed by atoms with Crippen molar-refractivity contribution >= 4 is 21.7 Å². The summed E-state index contributed by atoms with van der Waals surface area (Å²) in [6.07, 6.45) is 3.74. The van der Waals surface area contributed by atoms with Crippen molar-refractivity contribution in [1.29, 1.82) is 0 Å². The maximum Gasteiger partial charge on any atom is 0.251 e. The molecule has 1 unspecified atom stereocenters. The summed E-state index contributed by atoms with van der Waals surface area (Å²) in [4.78, 5) is 28.6. The van der Waals surface area contributed by atoms with Crippen molar-refractivity contribution in [2.45, 2.75) is 19.0 Å². The predicted octanol–water partition coefficient (Wildman–Crippen LogP) is 0.929. The molecule has 0 radical (unpaired) electrons. The number of pyridine rings is 1. The third-order valence-corrected chi connectivity index (χ3v) is 5.90. The SMILES string of the molecule is O=C(NCc1cccnc1)c1cccc(C(=O)NC2CCS(=O)(=O)C2)c1. The van der Waals surface area contributed by atoms with Gasteiger partial charge in [0, 0.05) is 36.1 Å². The maximum absolute atomic E-state index is 12.3. The highest BCUT2D eigenvalue weighted by Gasteiger charge is 2.29. The Morgan fingerprint density at radius 1 is 1.12 bits per heavy atom. The van der Waals surface area contributed by atoms with Crippen LogP contribution in [0.1, 0.15) is 32.7 Å². The van der Waals surface area contributed by atoms with E-state index in [9.17, 15) is 18.0 Å². The van der Waals surface area contributed by atoms with E-state index in [4.69, 9.17) is 0 Å². The van der Waals surface area contributed by atoms with Crippen molar-refractivity contribution in [2.24, 2.45) is 0 Å². The summed E-state index contributed by atoms with van der Waals surface area (Å²) in [6, 6.07) is 9.60. The van der Waals surface area contributed by atoms with Crippen LogP contribution in [0.4, 0.5) is 0 Å². The van der Waals surface area contributed by atoms with E-state index < -0.39 is 9.84 Å². The number of hydrogen-bond donors (Lipinski definition) is 2. The van der Waals surface area contributed by atoms with Crippen LogP contribution in [0.15, 0.2) is 48.8 Å². The lowest BCUT2D eigenvalue weighted by molar-refractivity contribution is 0.0941. The van der Waals surface area contributed by atoms with Crippen LogP contribution >= 0.6 is 0 Å². The highest BCUT2D eigenvalue weighted by Crippen LogP contribution is 2.13. The van der Waals surface area contributed by atoms with Gasteiger partial charge < -0.3 is 10.6 Å². The van der Waals surface area contributed by atoms with Gasteiger partial charge in [-0.15, -0.1) is 0 Å². The molecule has 2 N–H and O–H groups in total. The minimum Gasteiger partial charge on any atom is -0.348 e. The first kappa shape index (κ1) is 18.1. The summed E-state index contributed by atoms with van der Waals surface area (Å²) in [7, 11) is -3.06. The average Bonchev–Trinajstić information content (AvgIpc) is 2.99. The standard InChI is InChI=1S/C18H19N3O4S/c22-17(20-11-13-3-2-7-19-10-13)14-4-1-5-15(9-14)18(23)21-16-6-8-26(24,25)12-16/h1-5,7,9-10,16H,6,8,11-12H2,(H,20,22)(H,21,23). The zero-order chi connectivity index (χ0) is 18.6. The normalized spacial score (nSPS) is 18.2. The van der Waals surface area contributed by atoms with E-state index in [0.717, 1.165) is 5.56 Å². The Balaban J connectivity index is 1.62. The Kier molecular flexibility index (Phi) is 5.32. The molecule has 2 aromatic rings. The fraction of sp³-hybridized carbons (Fsp3) is 0.278. The molecule has 1 atom stereocenters. The predicted molar refractivity (Wildman–Crippen MR) is 96.4 cm³/mol. The molecular weight excluding hydrogens is 354 g/mol. The Morgan fingerprint density at radius 3 is 2.54 bits per heavy atom. The topological polar surface area (TPSA) is 105 Å². The van der Waals surface area contributed by atoms with Gasteiger partial charge in [0.15, 0.2) is 9.84 Å². The van der Waals surface area contributed by atoms with Crippen LogP contribution in [0.2, 0.25) is 0 Å². The van der Waals surface area contributed by atoms with Gasteiger partial charge in [0.1, 0.15) is 0 Å². The Morgan fingerprint density at radius 2 is 1.88 bits per heavy atom. The van der Waals surface area contributed by atoms with Crippen LogP contribution < -0.4 is 10.6 Å². The summed E-state index contributed by atoms with van der Waals surface area (Å²) in [5.74, 6) is -0.625. The van der Waals surface area contributed by atoms with Crippen LogP contribution in [-0.4, -0.2) is 42.8 Å². The van der Waals surface area contributed by atoms with Gasteiger partial charge in [0.2, 0.25) is 0 Å². The van der Waals surface area contributed by atoms with Crippen molar-refractivity contribution < 1.29 is 18.0 Å². The number of carbonyl (C=O) groups is 2. The smallest absolute Gasteiger partial charge is 0.251 e. The first-order chi connectivity index (χ1) is 12.4. The van der Waals surface area contributed by atoms with Crippen molar-refractivity contribution in [3.8, 4) is 0 Å². The summed E-state index contributed by atoms with van der Waals surface area (Å²) in [6.45, 7) is 0.336. The lowest BCUT2D eigenvalue weighted by Gasteiger charge is -2.11. The van der Waals surface area contributed by atoms with Gasteiger partial charge in [-0.3, -0.25) is 14.6 Å². The fourth-order valence-corrected chi connectivity index (χ4v) is 4.44. The molecule has 0 aliphatic carbocycles. The largest absolute Gasteiger partial charge is 0.348 e. The zero-order valence-corrected chi connectivity index (χ0v) is 14.8. The molecule has 1 aliphatic rings. The molecule has 3 rings (SSSR count). The monoisotopic (exact) mass is 373 g/mol. The molecule has 1 saturated heterocycles. The molecule has 0 spiro atoms. The van der Waals surface area contributed by atoms with Crippen LogP contribution in [0.3, 0.4) is 0 Å². The summed E-state index contributed by atoms with van der Waals surface area (Å²) in [5, 5.41) is 5.49. The average molecular weight is 373 g/mol. The van der Waals surface area contributed by atoms with Crippen molar-refractivity contribution in [3.05, 3.63) is 65.5 Å². The minimum absolute atomic E-state index is 0.0377. The van der Waals surface area contributed by atoms with Crippen molar-refractivity contribution in [2.75, 3.05) is 11.5 Å². The summed E-state index contributed by atoms with van der Waals surface area (Å²) < 4.78 is 23.0. The molecule has 2 heterocycles. The number of nitrogens with zero attached hydrogens (tertiary/aromatic N) is 1. The molecule has 1 aromatic carbocycles. The molecule has 7 nitrogen and oxygen atoms in total. The molecule has 136 valence electrons. The lowest BCUT2D eigenvalue weighted by atomic mass is 10.1. The van der Waals surface area contributed by atoms with Gasteiger partial charge in [-0.05, 0) is 36.2 Å². The van der Waals surface area contributed by atoms with Crippen LogP contribution in [-0.2, 0) is 16.4 Å². The van der Waals surface area contributed by atoms with Crippen molar-refractivity contribution in [3.63, 3.8) is 0 Å². The summed E-state index contributed by atoms with van der Waals surface area (Å²) in [5.41, 5.74) is 1.56. The Bertz CT molecular complexity index is 913. The van der Waals surface area contributed by atoms with Crippen LogP contribution in [0.25, 0.3) is 0 Å². The zero-order valence-electron chi connectivity index (χ0n) is 14.0. The highest BCUT2D eigenvalue weighted by atomic mass is 32.2. The van der Waals surface area contributed by atoms with E-state index >= 15 is 0 Å². The van der Waals surface area contributed by atoms with E-state index in [1.807, 2.05) is 6.07 Å². The number of aromatic nitrogens is 1. The van der Waals surface area contributed by atoms with Gasteiger partial charge in [0.25, 0.3) is 11.8 Å². The number of sulfone groups is 1. The van der Waals surface area contributed by atoms with E-state index in [1.165, 1.54) is 6.07 Å². The second-order valence-corrected chi connectivity index (χ2v) is 8.43. The Labute approximate surface area is 151 Å². The van der Waals surface area contributed by atoms with E-state index in [-0.39, 0.29) is 29.4 Å². The molecule has 1 fully saturated rings. The van der Waals surface area contributed by atoms with E-state index in [1.54, 1.807) is 36.7 Å². The van der Waals surface area contributed by atoms with Gasteiger partial charge in [-0.25, -0.2) is 8.42 Å². The summed E-state index contributed by atoms with van der Waals surface area (Å²) >= 11 is 0. The molecular formula is C18H19N3O4S. The quantitative estimate of drug-likeness (QED) is 0.811. The molecule has 0 bridgehead atoms. The molecule has 0 saturated carbocycles. The number of hydrogen-bond acceptors (Lipinski definition) is 5. The minimum atomic E-state index is -3.06. The Hall–Kier alpha value is -2.74. The van der Waals surface area contributed by atoms with Crippen LogP contribution in [0.5, 0.6) is 0 Å². The van der Waals surface area contributed by atoms with Gasteiger partial charge in [0.05, 0.1) is 11.5 Å². The first-order valence-electron chi connectivity index (χ1n) is 8.21. The highest BCUT2D eigenvalue weighted by molar-refractivity contribution is 7.91. The van der Waals surface area contributed by atoms with Crippen molar-refractivity contribution in [1.82, 2.24) is 15.6 Å². The maximum atomic E-state index is 12.3. The molecule has 1 aliphatic heterocycles. The fourth-order valence-electron chi connectivity index (χ4n) is 2.77. The second-order valence-electron chi connectivity index (χ2n) is 6.20. The van der Waals surface area contributed by atoms with Crippen LogP contribution in [0, 0.1) is 0 Å². The molecule has 8 heteroatoms. The number of amides is 2. The number of nitrogens with one attached hydrogen (secondary N) is 2. The number of rotatable bonds is 5. The van der Waals surface area contributed by atoms with E-state index in [2.05, 4.69) is 15.6 Å². The molecule has 2 amide bonds. The van der Waals surface area contributed by atoms with Gasteiger partial charge in [-0.2, -0.15) is 0 Å². The van der Waals surface area contributed by atoms with Gasteiger partial charge >= 0.3 is 0 Å². The third-order valence-electron chi connectivity index (χ3n) is 4.13. The number of benzene rings is 1.